The first-order valence-corrected chi connectivity index (χ1v) is 7.57. The first-order valence-electron chi connectivity index (χ1n) is 7.57. The molecule has 1 saturated heterocycles. The van der Waals surface area contributed by atoms with Gasteiger partial charge >= 0.3 is 0 Å². The fourth-order valence-corrected chi connectivity index (χ4v) is 2.52. The van der Waals surface area contributed by atoms with Gasteiger partial charge in [0.2, 0.25) is 11.7 Å². The number of hydrogen-bond donors (Lipinski definition) is 0. The molecule has 0 aliphatic carbocycles. The molecular formula is C16H22N4O. The second-order valence-electron chi connectivity index (χ2n) is 5.64. The molecule has 21 heavy (non-hydrogen) atoms. The highest BCUT2D eigenvalue weighted by Gasteiger charge is 2.17. The molecule has 0 unspecified atom stereocenters. The van der Waals surface area contributed by atoms with Crippen molar-refractivity contribution in [1.29, 1.82) is 0 Å². The first-order chi connectivity index (χ1) is 10.2. The molecule has 112 valence electrons. The second-order valence-corrected chi connectivity index (χ2v) is 5.64. The molecule has 0 radical (unpaired) electrons. The Hall–Kier alpha value is -1.72. The van der Waals surface area contributed by atoms with E-state index in [0.29, 0.717) is 11.7 Å². The maximum absolute atomic E-state index is 5.39. The Bertz CT molecular complexity index is 570. The highest BCUT2D eigenvalue weighted by atomic mass is 16.5. The Morgan fingerprint density at radius 3 is 2.48 bits per heavy atom. The SMILES string of the molecule is CCc1ccc(-c2noc(CN3CCN(C)CC3)n2)cc1. The highest BCUT2D eigenvalue weighted by molar-refractivity contribution is 5.54. The van der Waals surface area contributed by atoms with Crippen LogP contribution < -0.4 is 0 Å². The average molecular weight is 286 g/mol. The maximum atomic E-state index is 5.39. The number of aromatic nitrogens is 2. The molecular weight excluding hydrogens is 264 g/mol. The van der Waals surface area contributed by atoms with Crippen LogP contribution in [0.4, 0.5) is 0 Å². The Morgan fingerprint density at radius 1 is 1.10 bits per heavy atom. The van der Waals surface area contributed by atoms with Crippen molar-refractivity contribution in [3.8, 4) is 11.4 Å². The van der Waals surface area contributed by atoms with Crippen molar-refractivity contribution < 1.29 is 4.52 Å². The van der Waals surface area contributed by atoms with Gasteiger partial charge in [-0.25, -0.2) is 0 Å². The molecule has 1 aromatic heterocycles. The number of piperazine rings is 1. The van der Waals surface area contributed by atoms with Crippen LogP contribution >= 0.6 is 0 Å². The lowest BCUT2D eigenvalue weighted by molar-refractivity contribution is 0.135. The Kier molecular flexibility index (Phi) is 4.31. The first kappa shape index (κ1) is 14.2. The van der Waals surface area contributed by atoms with Crippen molar-refractivity contribution in [2.45, 2.75) is 19.9 Å². The Labute approximate surface area is 125 Å². The smallest absolute Gasteiger partial charge is 0.241 e. The van der Waals surface area contributed by atoms with E-state index in [-0.39, 0.29) is 0 Å². The number of rotatable bonds is 4. The fraction of sp³-hybridized carbons (Fsp3) is 0.500. The van der Waals surface area contributed by atoms with Crippen molar-refractivity contribution in [3.63, 3.8) is 0 Å². The van der Waals surface area contributed by atoms with Gasteiger partial charge in [-0.2, -0.15) is 4.98 Å². The van der Waals surface area contributed by atoms with Gasteiger partial charge in [-0.15, -0.1) is 0 Å². The molecule has 0 N–H and O–H groups in total. The Morgan fingerprint density at radius 2 is 1.81 bits per heavy atom. The lowest BCUT2D eigenvalue weighted by atomic mass is 10.1. The van der Waals surface area contributed by atoms with Crippen molar-refractivity contribution in [3.05, 3.63) is 35.7 Å². The largest absolute Gasteiger partial charge is 0.338 e. The van der Waals surface area contributed by atoms with E-state index in [4.69, 9.17) is 4.52 Å². The molecule has 5 nitrogen and oxygen atoms in total. The van der Waals surface area contributed by atoms with Crippen LogP contribution in [0.1, 0.15) is 18.4 Å². The van der Waals surface area contributed by atoms with Gasteiger partial charge in [0.15, 0.2) is 0 Å². The summed E-state index contributed by atoms with van der Waals surface area (Å²) < 4.78 is 5.39. The van der Waals surface area contributed by atoms with Crippen LogP contribution in [0.2, 0.25) is 0 Å². The van der Waals surface area contributed by atoms with Gasteiger partial charge in [-0.3, -0.25) is 4.90 Å². The number of nitrogens with zero attached hydrogens (tertiary/aromatic N) is 4. The van der Waals surface area contributed by atoms with Crippen LogP contribution in [0.3, 0.4) is 0 Å². The summed E-state index contributed by atoms with van der Waals surface area (Å²) in [4.78, 5) is 9.21. The average Bonchev–Trinajstić information content (AvgIpc) is 2.98. The van der Waals surface area contributed by atoms with Gasteiger partial charge in [0.25, 0.3) is 0 Å². The molecule has 5 heteroatoms. The third-order valence-corrected chi connectivity index (χ3v) is 4.04. The minimum Gasteiger partial charge on any atom is -0.338 e. The van der Waals surface area contributed by atoms with E-state index >= 15 is 0 Å². The summed E-state index contributed by atoms with van der Waals surface area (Å²) in [5, 5.41) is 4.10. The standard InChI is InChI=1S/C16H22N4O/c1-3-13-4-6-14(7-5-13)16-17-15(21-18-16)12-20-10-8-19(2)9-11-20/h4-7H,3,8-12H2,1-2H3. The van der Waals surface area contributed by atoms with Crippen LogP contribution in [0.5, 0.6) is 0 Å². The highest BCUT2D eigenvalue weighted by Crippen LogP contribution is 2.17. The quantitative estimate of drug-likeness (QED) is 0.860. The lowest BCUT2D eigenvalue weighted by Gasteiger charge is -2.31. The molecule has 3 rings (SSSR count). The lowest BCUT2D eigenvalue weighted by Crippen LogP contribution is -2.43. The molecule has 0 atom stereocenters. The summed E-state index contributed by atoms with van der Waals surface area (Å²) in [6.07, 6.45) is 1.04. The van der Waals surface area contributed by atoms with Crippen LogP contribution in [0.25, 0.3) is 11.4 Å². The van der Waals surface area contributed by atoms with Crippen LogP contribution in [-0.4, -0.2) is 53.2 Å². The molecule has 1 aliphatic rings. The number of likely N-dealkylation sites (N-methyl/N-ethyl adjacent to an activating group) is 1. The summed E-state index contributed by atoms with van der Waals surface area (Å²) in [5.74, 6) is 1.39. The van der Waals surface area contributed by atoms with Gasteiger partial charge in [0.1, 0.15) is 0 Å². The molecule has 0 bridgehead atoms. The van der Waals surface area contributed by atoms with Gasteiger partial charge in [0, 0.05) is 31.7 Å². The van der Waals surface area contributed by atoms with Gasteiger partial charge in [-0.05, 0) is 19.0 Å². The maximum Gasteiger partial charge on any atom is 0.241 e. The fourth-order valence-electron chi connectivity index (χ4n) is 2.52. The molecule has 1 fully saturated rings. The third kappa shape index (κ3) is 3.49. The zero-order chi connectivity index (χ0) is 14.7. The minimum absolute atomic E-state index is 0.682. The van der Waals surface area contributed by atoms with Crippen molar-refractivity contribution in [1.82, 2.24) is 19.9 Å². The third-order valence-electron chi connectivity index (χ3n) is 4.04. The molecule has 1 aliphatic heterocycles. The van der Waals surface area contributed by atoms with Crippen molar-refractivity contribution in [2.75, 3.05) is 33.2 Å². The zero-order valence-corrected chi connectivity index (χ0v) is 12.7. The molecule has 2 aromatic rings. The summed E-state index contributed by atoms with van der Waals surface area (Å²) >= 11 is 0. The monoisotopic (exact) mass is 286 g/mol. The van der Waals surface area contributed by atoms with Crippen LogP contribution in [-0.2, 0) is 13.0 Å². The zero-order valence-electron chi connectivity index (χ0n) is 12.7. The predicted molar refractivity (Wildman–Crippen MR) is 81.9 cm³/mol. The Balaban J connectivity index is 1.65. The van der Waals surface area contributed by atoms with Crippen LogP contribution in [0, 0.1) is 0 Å². The van der Waals surface area contributed by atoms with Crippen LogP contribution in [0.15, 0.2) is 28.8 Å². The van der Waals surface area contributed by atoms with E-state index in [1.54, 1.807) is 0 Å². The van der Waals surface area contributed by atoms with Gasteiger partial charge in [-0.1, -0.05) is 36.3 Å². The summed E-state index contributed by atoms with van der Waals surface area (Å²) in [7, 11) is 2.15. The molecule has 0 spiro atoms. The van der Waals surface area contributed by atoms with E-state index in [1.165, 1.54) is 5.56 Å². The van der Waals surface area contributed by atoms with E-state index in [1.807, 2.05) is 0 Å². The minimum atomic E-state index is 0.682. The second kappa shape index (κ2) is 6.37. The van der Waals surface area contributed by atoms with E-state index in [9.17, 15) is 0 Å². The number of aryl methyl sites for hydroxylation is 1. The van der Waals surface area contributed by atoms with E-state index < -0.39 is 0 Å². The summed E-state index contributed by atoms with van der Waals surface area (Å²) in [6, 6.07) is 8.35. The topological polar surface area (TPSA) is 45.4 Å². The van der Waals surface area contributed by atoms with Crippen molar-refractivity contribution in [2.24, 2.45) is 0 Å². The van der Waals surface area contributed by atoms with Crippen molar-refractivity contribution >= 4 is 0 Å². The molecule has 0 saturated carbocycles. The molecule has 2 heterocycles. The molecule has 0 amide bonds. The van der Waals surface area contributed by atoms with Gasteiger partial charge < -0.3 is 9.42 Å². The summed E-state index contributed by atoms with van der Waals surface area (Å²) in [6.45, 7) is 7.20. The normalized spacial score (nSPS) is 17.2. The number of benzene rings is 1. The molecule has 1 aromatic carbocycles. The summed E-state index contributed by atoms with van der Waals surface area (Å²) in [5.41, 5.74) is 2.33. The van der Waals surface area contributed by atoms with Gasteiger partial charge in [0.05, 0.1) is 6.54 Å². The number of hydrogen-bond acceptors (Lipinski definition) is 5. The predicted octanol–water partition coefficient (Wildman–Crippen LogP) is 2.05. The van der Waals surface area contributed by atoms with E-state index in [2.05, 4.69) is 58.2 Å². The van der Waals surface area contributed by atoms with E-state index in [0.717, 1.165) is 44.7 Å².